The molecule has 0 N–H and O–H groups in total. The topological polar surface area (TPSA) is 67.8 Å². The summed E-state index contributed by atoms with van der Waals surface area (Å²) in [6, 6.07) is 0. The molecule has 7 heteroatoms. The van der Waals surface area contributed by atoms with E-state index < -0.39 is 19.9 Å². The highest BCUT2D eigenvalue weighted by Gasteiger charge is 2.40. The Hall–Kier alpha value is 0.207. The van der Waals surface area contributed by atoms with Crippen molar-refractivity contribution < 1.29 is 22.0 Å². The van der Waals surface area contributed by atoms with E-state index in [1.807, 2.05) is 0 Å². The summed E-state index contributed by atoms with van der Waals surface area (Å²) in [7, 11) is -2.97. The lowest BCUT2D eigenvalue weighted by Crippen LogP contribution is -2.51. The first-order valence-electron chi connectivity index (χ1n) is 4.58. The molecule has 0 bridgehead atoms. The first-order valence-corrected chi connectivity index (χ1v) is 7.75. The van der Waals surface area contributed by atoms with Gasteiger partial charge in [-0.3, -0.25) is 4.21 Å². The molecule has 0 aromatic heterocycles. The van der Waals surface area contributed by atoms with Gasteiger partial charge < -0.3 is 17.8 Å². The second-order valence-electron chi connectivity index (χ2n) is 2.43. The molecule has 0 heterocycles. The Morgan fingerprint density at radius 2 is 1.43 bits per heavy atom. The van der Waals surface area contributed by atoms with E-state index in [1.165, 1.54) is 0 Å². The van der Waals surface area contributed by atoms with Gasteiger partial charge in [-0.1, -0.05) is 11.1 Å². The molecule has 0 aromatic rings. The molecule has 0 aliphatic carbocycles. The van der Waals surface area contributed by atoms with E-state index in [0.29, 0.717) is 19.8 Å². The van der Waals surface area contributed by atoms with Crippen molar-refractivity contribution in [2.24, 2.45) is 0 Å². The molecule has 86 valence electrons. The third kappa shape index (κ3) is 5.18. The van der Waals surface area contributed by atoms with Gasteiger partial charge in [0, 0.05) is 19.8 Å². The molecule has 0 saturated carbocycles. The number of rotatable bonds is 8. The summed E-state index contributed by atoms with van der Waals surface area (Å²) in [5, 5.41) is -0.178. The van der Waals surface area contributed by atoms with Gasteiger partial charge in [0.2, 0.25) is 0 Å². The Bertz CT molecular complexity index is 160. The Balaban J connectivity index is 4.45. The van der Waals surface area contributed by atoms with Gasteiger partial charge in [0.1, 0.15) is 0 Å². The third-order valence-electron chi connectivity index (χ3n) is 1.39. The fraction of sp³-hybridized carbons (Fsp3) is 1.00. The highest BCUT2D eigenvalue weighted by Crippen LogP contribution is 2.11. The van der Waals surface area contributed by atoms with E-state index in [9.17, 15) is 8.76 Å². The molecular formula is C7H17O5SSi-. The van der Waals surface area contributed by atoms with Crippen LogP contribution in [0.4, 0.5) is 0 Å². The maximum atomic E-state index is 10.6. The van der Waals surface area contributed by atoms with Crippen molar-refractivity contribution >= 4 is 19.9 Å². The van der Waals surface area contributed by atoms with Gasteiger partial charge in [0.15, 0.2) is 0 Å². The lowest BCUT2D eigenvalue weighted by molar-refractivity contribution is 0.0767. The summed E-state index contributed by atoms with van der Waals surface area (Å²) < 4.78 is 37.2. The lowest BCUT2D eigenvalue weighted by atomic mass is 10.9. The summed E-state index contributed by atoms with van der Waals surface area (Å²) in [6.07, 6.45) is 0. The largest absolute Gasteiger partial charge is 0.772 e. The lowest BCUT2D eigenvalue weighted by Gasteiger charge is -2.28. The maximum Gasteiger partial charge on any atom is 0.512 e. The van der Waals surface area contributed by atoms with E-state index in [4.69, 9.17) is 13.3 Å². The quantitative estimate of drug-likeness (QED) is 0.456. The summed E-state index contributed by atoms with van der Waals surface area (Å²) in [4.78, 5) is 0. The maximum absolute atomic E-state index is 10.6. The molecule has 1 unspecified atom stereocenters. The number of hydrogen-bond acceptors (Lipinski definition) is 5. The molecule has 0 aliphatic rings. The van der Waals surface area contributed by atoms with Crippen molar-refractivity contribution in [1.29, 1.82) is 0 Å². The van der Waals surface area contributed by atoms with Crippen LogP contribution in [0.25, 0.3) is 0 Å². The smallest absolute Gasteiger partial charge is 0.512 e. The monoisotopic (exact) mass is 241 g/mol. The van der Waals surface area contributed by atoms with Gasteiger partial charge in [-0.05, 0) is 20.8 Å². The van der Waals surface area contributed by atoms with Crippen LogP contribution in [0.2, 0.25) is 0 Å². The van der Waals surface area contributed by atoms with E-state index in [-0.39, 0.29) is 5.38 Å². The van der Waals surface area contributed by atoms with Gasteiger partial charge in [0.05, 0.1) is 5.38 Å². The van der Waals surface area contributed by atoms with Gasteiger partial charge in [-0.25, -0.2) is 0 Å². The van der Waals surface area contributed by atoms with Crippen LogP contribution in [0.3, 0.4) is 0 Å². The Morgan fingerprint density at radius 1 is 1.07 bits per heavy atom. The minimum atomic E-state index is -2.97. The van der Waals surface area contributed by atoms with Crippen LogP contribution in [0, 0.1) is 0 Å². The molecule has 0 rings (SSSR count). The van der Waals surface area contributed by atoms with Crippen molar-refractivity contribution in [1.82, 2.24) is 0 Å². The Kier molecular flexibility index (Phi) is 7.60. The second kappa shape index (κ2) is 7.49. The minimum absolute atomic E-state index is 0.178. The van der Waals surface area contributed by atoms with Crippen molar-refractivity contribution in [2.75, 3.05) is 25.2 Å². The Morgan fingerprint density at radius 3 is 1.64 bits per heavy atom. The molecule has 0 saturated heterocycles. The standard InChI is InChI=1S/C7H18O5SSi/c1-4-10-14(11-5-2,12-6-3)7-13(8)9/h4-7H2,1-3H3,(H,8,9)/p-1. The summed E-state index contributed by atoms with van der Waals surface area (Å²) in [6.45, 7) is 6.53. The van der Waals surface area contributed by atoms with Crippen molar-refractivity contribution in [3.8, 4) is 0 Å². The molecule has 0 fully saturated rings. The van der Waals surface area contributed by atoms with Crippen LogP contribution >= 0.6 is 0 Å². The summed E-state index contributed by atoms with van der Waals surface area (Å²) >= 11 is -2.20. The van der Waals surface area contributed by atoms with Gasteiger partial charge in [-0.15, -0.1) is 0 Å². The molecule has 0 radical (unpaired) electrons. The van der Waals surface area contributed by atoms with E-state index >= 15 is 0 Å². The van der Waals surface area contributed by atoms with Crippen molar-refractivity contribution in [2.45, 2.75) is 20.8 Å². The Labute approximate surface area is 88.4 Å². The first kappa shape index (κ1) is 14.2. The van der Waals surface area contributed by atoms with Gasteiger partial charge in [0.25, 0.3) is 0 Å². The molecule has 0 amide bonds. The molecule has 14 heavy (non-hydrogen) atoms. The number of hydrogen-bond donors (Lipinski definition) is 0. The summed E-state index contributed by atoms with van der Waals surface area (Å²) in [5.74, 6) is 0. The normalized spacial score (nSPS) is 14.3. The molecule has 5 nitrogen and oxygen atoms in total. The zero-order chi connectivity index (χ0) is 11.0. The van der Waals surface area contributed by atoms with Crippen LogP contribution in [0.15, 0.2) is 0 Å². The SMILES string of the molecule is CCO[Si](CS(=O)[O-])(OCC)OCC. The predicted molar refractivity (Wildman–Crippen MR) is 54.4 cm³/mol. The average Bonchev–Trinajstić information content (AvgIpc) is 2.03. The molecule has 0 spiro atoms. The predicted octanol–water partition coefficient (Wildman–Crippen LogP) is 0.453. The van der Waals surface area contributed by atoms with Crippen LogP contribution in [0.5, 0.6) is 0 Å². The molecular weight excluding hydrogens is 224 g/mol. The highest BCUT2D eigenvalue weighted by atomic mass is 32.2. The highest BCUT2D eigenvalue weighted by molar-refractivity contribution is 7.81. The average molecular weight is 241 g/mol. The zero-order valence-electron chi connectivity index (χ0n) is 8.78. The van der Waals surface area contributed by atoms with Crippen molar-refractivity contribution in [3.05, 3.63) is 0 Å². The van der Waals surface area contributed by atoms with Gasteiger partial charge >= 0.3 is 8.80 Å². The third-order valence-corrected chi connectivity index (χ3v) is 5.93. The van der Waals surface area contributed by atoms with Crippen LogP contribution in [-0.2, 0) is 24.4 Å². The second-order valence-corrected chi connectivity index (χ2v) is 6.42. The van der Waals surface area contributed by atoms with E-state index in [1.54, 1.807) is 20.8 Å². The van der Waals surface area contributed by atoms with Crippen LogP contribution < -0.4 is 0 Å². The fourth-order valence-corrected chi connectivity index (χ4v) is 4.78. The van der Waals surface area contributed by atoms with Crippen LogP contribution in [0.1, 0.15) is 20.8 Å². The van der Waals surface area contributed by atoms with Gasteiger partial charge in [-0.2, -0.15) is 0 Å². The fourth-order valence-electron chi connectivity index (χ4n) is 1.05. The van der Waals surface area contributed by atoms with Crippen LogP contribution in [-0.4, -0.2) is 42.8 Å². The molecule has 1 atom stereocenters. The zero-order valence-corrected chi connectivity index (χ0v) is 10.6. The van der Waals surface area contributed by atoms with Crippen molar-refractivity contribution in [3.63, 3.8) is 0 Å². The minimum Gasteiger partial charge on any atom is -0.772 e. The first-order chi connectivity index (χ1) is 6.60. The van der Waals surface area contributed by atoms with E-state index in [2.05, 4.69) is 0 Å². The molecule has 0 aliphatic heterocycles. The summed E-state index contributed by atoms with van der Waals surface area (Å²) in [5.41, 5.74) is 0. The molecule has 0 aromatic carbocycles. The van der Waals surface area contributed by atoms with E-state index in [0.717, 1.165) is 0 Å².